The molecule has 0 aromatic rings. The second-order valence-electron chi connectivity index (χ2n) is 0. The Labute approximate surface area is 195 Å². The van der Waals surface area contributed by atoms with E-state index in [1.54, 1.807) is 0 Å². The molecule has 0 heterocycles. The molecule has 0 nitrogen and oxygen atoms in total. The van der Waals surface area contributed by atoms with Crippen LogP contribution in [0.4, 0.5) is 0 Å². The summed E-state index contributed by atoms with van der Waals surface area (Å²) in [6.07, 6.45) is 0. The van der Waals surface area contributed by atoms with E-state index in [4.69, 9.17) is 0 Å². The minimum Gasteiger partial charge on any atom is -1.00 e. The molecule has 0 amide bonds. The molecule has 0 spiro atoms. The van der Waals surface area contributed by atoms with Gasteiger partial charge in [-0.25, -0.2) is 0 Å². The van der Waals surface area contributed by atoms with Gasteiger partial charge in [0, 0.05) is 0 Å². The smallest absolute Gasteiger partial charge is 1.00 e. The third-order valence-corrected chi connectivity index (χ3v) is 0. The molecule has 0 aliphatic heterocycles. The second kappa shape index (κ2) is 16.0. The summed E-state index contributed by atoms with van der Waals surface area (Å²) < 4.78 is 0. The predicted molar refractivity (Wildman–Crippen MR) is 4.45 cm³/mol. The quantitative estimate of drug-likeness (QED) is 0.383. The summed E-state index contributed by atoms with van der Waals surface area (Å²) in [5, 5.41) is 0. The van der Waals surface area contributed by atoms with Crippen LogP contribution in [0.25, 0.3) is 0 Å². The fraction of sp³-hybridized carbons (Fsp3) is 0. The fourth-order valence-corrected chi connectivity index (χ4v) is 0. The SMILES string of the molecule is [Cs+].[H-].[H-].[H-].[H-].[K+].[Li+].[Rb+]. The van der Waals surface area contributed by atoms with E-state index in [9.17, 15) is 0 Å². The van der Waals surface area contributed by atoms with Gasteiger partial charge in [0.25, 0.3) is 0 Å². The molecule has 0 rings (SSSR count). The maximum absolute atomic E-state index is 0. The van der Waals surface area contributed by atoms with Gasteiger partial charge in [-0.05, 0) is 0 Å². The van der Waals surface area contributed by atoms with Crippen LogP contribution in [0.5, 0.6) is 0 Å². The Bertz CT molecular complexity index is 16.0. The van der Waals surface area contributed by atoms with Crippen molar-refractivity contribution in [2.24, 2.45) is 0 Å². The maximum atomic E-state index is 0. The summed E-state index contributed by atoms with van der Waals surface area (Å²) in [7, 11) is 0. The summed E-state index contributed by atoms with van der Waals surface area (Å²) in [6, 6.07) is 0. The van der Waals surface area contributed by atoms with Gasteiger partial charge in [0.05, 0.1) is 0 Å². The van der Waals surface area contributed by atoms with Crippen molar-refractivity contribution in [3.63, 3.8) is 0 Å². The summed E-state index contributed by atoms with van der Waals surface area (Å²) in [5.74, 6) is 0. The van der Waals surface area contributed by atoms with E-state index in [-0.39, 0.29) is 203 Å². The Morgan fingerprint density at radius 3 is 1.25 bits per heavy atom. The third-order valence-electron chi connectivity index (χ3n) is 0. The van der Waals surface area contributed by atoms with E-state index in [0.717, 1.165) is 0 Å². The van der Waals surface area contributed by atoms with Crippen molar-refractivity contribution in [1.29, 1.82) is 0 Å². The molecule has 0 aromatic heterocycles. The largest absolute Gasteiger partial charge is 1.00 e. The van der Waals surface area contributed by atoms with E-state index >= 15 is 0 Å². The monoisotopic (exact) mass is 268 g/mol. The normalized spacial score (nSPS) is 0. The molecule has 0 N–H and O–H groups in total. The topological polar surface area (TPSA) is 0 Å². The number of hydrogen-bond donors (Lipinski definition) is 0. The first-order valence-corrected chi connectivity index (χ1v) is 0. The number of hydrogen-bond acceptors (Lipinski definition) is 0. The molecule has 4 heteroatoms. The molecule has 0 saturated carbocycles. The van der Waals surface area contributed by atoms with E-state index in [1.807, 2.05) is 0 Å². The summed E-state index contributed by atoms with van der Waals surface area (Å²) in [4.78, 5) is 0. The van der Waals surface area contributed by atoms with Gasteiger partial charge in [-0.15, -0.1) is 0 Å². The fourth-order valence-electron chi connectivity index (χ4n) is 0. The van der Waals surface area contributed by atoms with Gasteiger partial charge < -0.3 is 5.71 Å². The van der Waals surface area contributed by atoms with Crippen LogP contribution >= 0.6 is 0 Å². The van der Waals surface area contributed by atoms with Gasteiger partial charge in [0.2, 0.25) is 0 Å². The molecule has 0 unspecified atom stereocenters. The third kappa shape index (κ3) is 11.0. The Kier molecular flexibility index (Phi) is 90.1. The molecular weight excluding hydrogens is 264 g/mol. The first-order chi connectivity index (χ1) is 0. The molecular formula is H4CsKLiRb. The number of rotatable bonds is 0. The van der Waals surface area contributed by atoms with Crippen LogP contribution in [0.3, 0.4) is 0 Å². The standard InChI is InChI=1S/Cs.K.Li.Rb.4H/q4*+1;4*-1. The predicted octanol–water partition coefficient (Wildman–Crippen LogP) is -11.5. The van der Waals surface area contributed by atoms with Gasteiger partial charge in [0.1, 0.15) is 0 Å². The average Bonchev–Trinajstić information content (AvgIpc) is 0. The van der Waals surface area contributed by atoms with Crippen LogP contribution in [-0.2, 0) is 0 Å². The minimum absolute atomic E-state index is 0. The van der Waals surface area contributed by atoms with Crippen molar-refractivity contribution < 1.29 is 203 Å². The Balaban J connectivity index is 0. The van der Waals surface area contributed by atoms with Crippen molar-refractivity contribution in [2.45, 2.75) is 0 Å². The van der Waals surface area contributed by atoms with Gasteiger partial charge in [-0.3, -0.25) is 0 Å². The molecule has 4 heavy (non-hydrogen) atoms. The van der Waals surface area contributed by atoms with Gasteiger partial charge in [-0.2, -0.15) is 0 Å². The maximum Gasteiger partial charge on any atom is 1.00 e. The zero-order valence-corrected chi connectivity index (χ0v) is 18.3. The molecule has 0 bridgehead atoms. The van der Waals surface area contributed by atoms with Crippen molar-refractivity contribution in [1.82, 2.24) is 0 Å². The van der Waals surface area contributed by atoms with Gasteiger partial charge in [0.15, 0.2) is 0 Å². The first-order valence-electron chi connectivity index (χ1n) is 0. The van der Waals surface area contributed by atoms with Crippen LogP contribution in [0.2, 0.25) is 0 Å². The summed E-state index contributed by atoms with van der Waals surface area (Å²) >= 11 is 0. The van der Waals surface area contributed by atoms with Crippen LogP contribution in [-0.4, -0.2) is 0 Å². The minimum atomic E-state index is 0. The second-order valence-corrected chi connectivity index (χ2v) is 0. The molecule has 0 aromatic carbocycles. The molecule has 0 aliphatic rings. The zero-order chi connectivity index (χ0) is 0. The van der Waals surface area contributed by atoms with Crippen LogP contribution in [0.1, 0.15) is 5.71 Å². The van der Waals surface area contributed by atoms with Crippen molar-refractivity contribution in [3.8, 4) is 0 Å². The molecule has 0 radical (unpaired) electrons. The summed E-state index contributed by atoms with van der Waals surface area (Å²) in [5.41, 5.74) is 0. The van der Waals surface area contributed by atoms with E-state index in [2.05, 4.69) is 0 Å². The molecule has 8 valence electrons. The van der Waals surface area contributed by atoms with Crippen molar-refractivity contribution >= 4 is 0 Å². The van der Waals surface area contributed by atoms with Crippen LogP contribution in [0.15, 0.2) is 0 Å². The van der Waals surface area contributed by atoms with Crippen LogP contribution < -0.4 is 197 Å². The first kappa shape index (κ1) is 22.5. The van der Waals surface area contributed by atoms with E-state index in [0.29, 0.717) is 0 Å². The molecule has 0 fully saturated rings. The molecule has 0 saturated heterocycles. The average molecular weight is 268 g/mol. The molecule has 0 aliphatic carbocycles. The van der Waals surface area contributed by atoms with E-state index < -0.39 is 0 Å². The Hall–Kier alpha value is 6.09. The van der Waals surface area contributed by atoms with Crippen molar-refractivity contribution in [3.05, 3.63) is 0 Å². The summed E-state index contributed by atoms with van der Waals surface area (Å²) in [6.45, 7) is 0. The Morgan fingerprint density at radius 1 is 1.25 bits per heavy atom. The zero-order valence-electron chi connectivity index (χ0n) is 8.00. The Morgan fingerprint density at radius 2 is 1.25 bits per heavy atom. The van der Waals surface area contributed by atoms with E-state index in [1.165, 1.54) is 0 Å². The van der Waals surface area contributed by atoms with Crippen molar-refractivity contribution in [2.75, 3.05) is 0 Å². The van der Waals surface area contributed by atoms with Crippen LogP contribution in [0, 0.1) is 0 Å². The van der Waals surface area contributed by atoms with Gasteiger partial charge in [-0.1, -0.05) is 0 Å². The van der Waals surface area contributed by atoms with Gasteiger partial charge >= 0.3 is 197 Å². The molecule has 0 atom stereocenters.